The average Bonchev–Trinajstić information content (AvgIpc) is 2.73. The zero-order valence-corrected chi connectivity index (χ0v) is 12.0. The van der Waals surface area contributed by atoms with Gasteiger partial charge in [-0.15, -0.1) is 0 Å². The topological polar surface area (TPSA) is 15.3 Å². The lowest BCUT2D eigenvalue weighted by Crippen LogP contribution is -2.44. The van der Waals surface area contributed by atoms with E-state index >= 15 is 0 Å². The van der Waals surface area contributed by atoms with Gasteiger partial charge < -0.3 is 10.2 Å². The van der Waals surface area contributed by atoms with Gasteiger partial charge in [0.05, 0.1) is 0 Å². The third-order valence-electron chi connectivity index (χ3n) is 4.73. The highest BCUT2D eigenvalue weighted by atomic mass is 15.2. The summed E-state index contributed by atoms with van der Waals surface area (Å²) < 4.78 is 0. The Bertz CT molecular complexity index is 231. The van der Waals surface area contributed by atoms with Gasteiger partial charge in [0.25, 0.3) is 0 Å². The summed E-state index contributed by atoms with van der Waals surface area (Å²) in [6.07, 6.45) is 6.96. The first-order valence-corrected chi connectivity index (χ1v) is 7.53. The summed E-state index contributed by atoms with van der Waals surface area (Å²) in [6.45, 7) is 12.4. The molecular formula is C15H30N2. The van der Waals surface area contributed by atoms with Gasteiger partial charge in [-0.2, -0.15) is 0 Å². The fourth-order valence-electron chi connectivity index (χ4n) is 3.66. The average molecular weight is 238 g/mol. The molecule has 1 saturated carbocycles. The van der Waals surface area contributed by atoms with Crippen LogP contribution in [0.3, 0.4) is 0 Å². The zero-order valence-electron chi connectivity index (χ0n) is 12.0. The molecule has 1 N–H and O–H groups in total. The Morgan fingerprint density at radius 3 is 2.59 bits per heavy atom. The molecule has 2 nitrogen and oxygen atoms in total. The maximum atomic E-state index is 3.79. The lowest BCUT2D eigenvalue weighted by Gasteiger charge is -2.39. The molecule has 2 unspecified atom stereocenters. The molecule has 2 aliphatic rings. The van der Waals surface area contributed by atoms with Crippen molar-refractivity contribution in [3.8, 4) is 0 Å². The molecule has 0 aromatic carbocycles. The second kappa shape index (κ2) is 5.71. The Morgan fingerprint density at radius 1 is 1.24 bits per heavy atom. The third kappa shape index (κ3) is 3.96. The molecule has 0 spiro atoms. The van der Waals surface area contributed by atoms with Crippen molar-refractivity contribution < 1.29 is 0 Å². The summed E-state index contributed by atoms with van der Waals surface area (Å²) in [6, 6.07) is 0.769. The quantitative estimate of drug-likeness (QED) is 0.810. The van der Waals surface area contributed by atoms with E-state index in [9.17, 15) is 0 Å². The van der Waals surface area contributed by atoms with Crippen LogP contribution < -0.4 is 5.32 Å². The van der Waals surface area contributed by atoms with Gasteiger partial charge in [0.15, 0.2) is 0 Å². The fraction of sp³-hybridized carbons (Fsp3) is 1.00. The maximum Gasteiger partial charge on any atom is 0.0107 e. The minimum Gasteiger partial charge on any atom is -0.312 e. The summed E-state index contributed by atoms with van der Waals surface area (Å²) in [5, 5.41) is 3.79. The predicted octanol–water partition coefficient (Wildman–Crippen LogP) is 2.89. The van der Waals surface area contributed by atoms with Gasteiger partial charge in [0.2, 0.25) is 0 Å². The lowest BCUT2D eigenvalue weighted by molar-refractivity contribution is 0.147. The van der Waals surface area contributed by atoms with Crippen molar-refractivity contribution in [2.24, 2.45) is 11.3 Å². The highest BCUT2D eigenvalue weighted by molar-refractivity contribution is 4.87. The van der Waals surface area contributed by atoms with Crippen LogP contribution in [0.25, 0.3) is 0 Å². The molecule has 100 valence electrons. The van der Waals surface area contributed by atoms with E-state index in [1.165, 1.54) is 58.3 Å². The molecule has 2 atom stereocenters. The van der Waals surface area contributed by atoms with Crippen molar-refractivity contribution in [2.75, 3.05) is 26.2 Å². The van der Waals surface area contributed by atoms with E-state index in [2.05, 4.69) is 31.0 Å². The van der Waals surface area contributed by atoms with Gasteiger partial charge in [-0.05, 0) is 56.5 Å². The van der Waals surface area contributed by atoms with Crippen molar-refractivity contribution in [3.63, 3.8) is 0 Å². The molecule has 0 bridgehead atoms. The van der Waals surface area contributed by atoms with Crippen LogP contribution in [0, 0.1) is 11.3 Å². The van der Waals surface area contributed by atoms with Crippen LogP contribution in [0.5, 0.6) is 0 Å². The third-order valence-corrected chi connectivity index (χ3v) is 4.73. The summed E-state index contributed by atoms with van der Waals surface area (Å²) >= 11 is 0. The number of likely N-dealkylation sites (tertiary alicyclic amines) is 1. The monoisotopic (exact) mass is 238 g/mol. The molecule has 17 heavy (non-hydrogen) atoms. The molecule has 1 heterocycles. The van der Waals surface area contributed by atoms with Gasteiger partial charge >= 0.3 is 0 Å². The molecule has 2 rings (SSSR count). The van der Waals surface area contributed by atoms with E-state index in [0.717, 1.165) is 12.0 Å². The van der Waals surface area contributed by atoms with Crippen molar-refractivity contribution in [2.45, 2.75) is 58.9 Å². The van der Waals surface area contributed by atoms with E-state index < -0.39 is 0 Å². The van der Waals surface area contributed by atoms with E-state index in [1.54, 1.807) is 0 Å². The summed E-state index contributed by atoms with van der Waals surface area (Å²) in [5.74, 6) is 0.845. The minimum atomic E-state index is 0.576. The maximum absolute atomic E-state index is 3.79. The fourth-order valence-corrected chi connectivity index (χ4v) is 3.66. The summed E-state index contributed by atoms with van der Waals surface area (Å²) in [7, 11) is 0. The number of nitrogens with one attached hydrogen (secondary N) is 1. The first-order valence-electron chi connectivity index (χ1n) is 7.53. The van der Waals surface area contributed by atoms with Gasteiger partial charge in [0.1, 0.15) is 0 Å². The molecule has 2 fully saturated rings. The summed E-state index contributed by atoms with van der Waals surface area (Å²) in [5.41, 5.74) is 0.576. The standard InChI is InChI=1S/C15H30N2/c1-13-12-15(2,3)7-6-14(13)16-8-11-17-9-4-5-10-17/h13-14,16H,4-12H2,1-3H3. The van der Waals surface area contributed by atoms with Crippen LogP contribution in [-0.4, -0.2) is 37.1 Å². The zero-order chi connectivity index (χ0) is 12.3. The molecule has 0 aromatic rings. The largest absolute Gasteiger partial charge is 0.312 e. The van der Waals surface area contributed by atoms with Crippen LogP contribution in [-0.2, 0) is 0 Å². The highest BCUT2D eigenvalue weighted by Crippen LogP contribution is 2.38. The van der Waals surface area contributed by atoms with E-state index in [4.69, 9.17) is 0 Å². The molecule has 2 heteroatoms. The molecule has 0 radical (unpaired) electrons. The molecule has 1 saturated heterocycles. The van der Waals surface area contributed by atoms with Crippen LogP contribution >= 0.6 is 0 Å². The van der Waals surface area contributed by atoms with Gasteiger partial charge in [-0.25, -0.2) is 0 Å². The summed E-state index contributed by atoms with van der Waals surface area (Å²) in [4.78, 5) is 2.60. The number of hydrogen-bond acceptors (Lipinski definition) is 2. The second-order valence-corrected chi connectivity index (χ2v) is 6.99. The van der Waals surface area contributed by atoms with Gasteiger partial charge in [-0.1, -0.05) is 20.8 Å². The number of nitrogens with zero attached hydrogens (tertiary/aromatic N) is 1. The van der Waals surface area contributed by atoms with Crippen LogP contribution in [0.15, 0.2) is 0 Å². The van der Waals surface area contributed by atoms with Crippen molar-refractivity contribution >= 4 is 0 Å². The molecular weight excluding hydrogens is 208 g/mol. The minimum absolute atomic E-state index is 0.576. The molecule has 1 aliphatic carbocycles. The number of rotatable bonds is 4. The smallest absolute Gasteiger partial charge is 0.0107 e. The first-order chi connectivity index (χ1) is 8.07. The van der Waals surface area contributed by atoms with Crippen molar-refractivity contribution in [1.82, 2.24) is 10.2 Å². The first kappa shape index (κ1) is 13.4. The van der Waals surface area contributed by atoms with Crippen molar-refractivity contribution in [1.29, 1.82) is 0 Å². The molecule has 0 amide bonds. The highest BCUT2D eigenvalue weighted by Gasteiger charge is 2.31. The van der Waals surface area contributed by atoms with Crippen molar-refractivity contribution in [3.05, 3.63) is 0 Å². The molecule has 0 aromatic heterocycles. The Morgan fingerprint density at radius 2 is 1.94 bits per heavy atom. The Balaban J connectivity index is 1.65. The Labute approximate surface area is 107 Å². The van der Waals surface area contributed by atoms with Gasteiger partial charge in [0, 0.05) is 19.1 Å². The number of hydrogen-bond donors (Lipinski definition) is 1. The van der Waals surface area contributed by atoms with Gasteiger partial charge in [-0.3, -0.25) is 0 Å². The Hall–Kier alpha value is -0.0800. The Kier molecular flexibility index (Phi) is 4.48. The van der Waals surface area contributed by atoms with Crippen LogP contribution in [0.2, 0.25) is 0 Å². The van der Waals surface area contributed by atoms with E-state index in [0.29, 0.717) is 5.41 Å². The normalized spacial score (nSPS) is 34.1. The second-order valence-electron chi connectivity index (χ2n) is 6.99. The van der Waals surface area contributed by atoms with E-state index in [-0.39, 0.29) is 0 Å². The van der Waals surface area contributed by atoms with E-state index in [1.807, 2.05) is 0 Å². The lowest BCUT2D eigenvalue weighted by atomic mass is 9.70. The molecule has 1 aliphatic heterocycles. The van der Waals surface area contributed by atoms with Crippen LogP contribution in [0.1, 0.15) is 52.9 Å². The van der Waals surface area contributed by atoms with Crippen LogP contribution in [0.4, 0.5) is 0 Å². The predicted molar refractivity (Wildman–Crippen MR) is 74.3 cm³/mol. The SMILES string of the molecule is CC1CC(C)(C)CCC1NCCN1CCCC1.